The fraction of sp³-hybridized carbons (Fsp3) is 0.409. The Morgan fingerprint density at radius 1 is 1.19 bits per heavy atom. The Balaban J connectivity index is 1.77. The molecule has 1 fully saturated rings. The number of carbonyl (C=O) groups is 3. The van der Waals surface area contributed by atoms with Crippen molar-refractivity contribution in [2.45, 2.75) is 19.8 Å². The molecule has 1 aromatic heterocycles. The zero-order chi connectivity index (χ0) is 22.4. The number of ether oxygens (including phenoxy) is 3. The SMILES string of the molecule is COc1cc(NC(=O)c2ccco2)c(C(=O)OCC(=O)N2CCCC(C)C2)cc1OC. The van der Waals surface area contributed by atoms with Gasteiger partial charge in [-0.25, -0.2) is 4.79 Å². The summed E-state index contributed by atoms with van der Waals surface area (Å²) in [6, 6.07) is 5.91. The number of esters is 1. The van der Waals surface area contributed by atoms with Crippen molar-refractivity contribution in [3.63, 3.8) is 0 Å². The number of rotatable bonds is 7. The van der Waals surface area contributed by atoms with E-state index in [2.05, 4.69) is 12.2 Å². The quantitative estimate of drug-likeness (QED) is 0.673. The van der Waals surface area contributed by atoms with Crippen LogP contribution in [0.15, 0.2) is 34.9 Å². The standard InChI is InChI=1S/C22H26N2O7/c1-14-6-4-8-24(12-14)20(25)13-31-22(27)15-10-18(28-2)19(29-3)11-16(15)23-21(26)17-7-5-9-30-17/h5,7,9-11,14H,4,6,8,12-13H2,1-3H3,(H,23,26). The Morgan fingerprint density at radius 3 is 2.58 bits per heavy atom. The van der Waals surface area contributed by atoms with Crippen LogP contribution >= 0.6 is 0 Å². The smallest absolute Gasteiger partial charge is 0.340 e. The molecule has 1 saturated heterocycles. The molecule has 1 atom stereocenters. The second-order valence-corrected chi connectivity index (χ2v) is 7.35. The number of benzene rings is 1. The number of carbonyl (C=O) groups excluding carboxylic acids is 3. The summed E-state index contributed by atoms with van der Waals surface area (Å²) in [7, 11) is 2.86. The van der Waals surface area contributed by atoms with Crippen molar-refractivity contribution in [2.75, 3.05) is 39.2 Å². The average molecular weight is 430 g/mol. The molecule has 31 heavy (non-hydrogen) atoms. The van der Waals surface area contributed by atoms with Gasteiger partial charge in [0.25, 0.3) is 11.8 Å². The lowest BCUT2D eigenvalue weighted by molar-refractivity contribution is -0.136. The number of amides is 2. The van der Waals surface area contributed by atoms with E-state index in [0.717, 1.165) is 12.8 Å². The molecule has 1 N–H and O–H groups in total. The first kappa shape index (κ1) is 22.2. The zero-order valence-electron chi connectivity index (χ0n) is 17.8. The largest absolute Gasteiger partial charge is 0.493 e. The van der Waals surface area contributed by atoms with Crippen LogP contribution in [0.4, 0.5) is 5.69 Å². The first-order valence-corrected chi connectivity index (χ1v) is 9.98. The minimum absolute atomic E-state index is 0.0253. The van der Waals surface area contributed by atoms with Gasteiger partial charge < -0.3 is 28.8 Å². The maximum absolute atomic E-state index is 12.8. The topological polar surface area (TPSA) is 107 Å². The summed E-state index contributed by atoms with van der Waals surface area (Å²) in [4.78, 5) is 39.4. The maximum atomic E-state index is 12.8. The summed E-state index contributed by atoms with van der Waals surface area (Å²) in [5.41, 5.74) is 0.167. The molecule has 0 spiro atoms. The van der Waals surface area contributed by atoms with Crippen LogP contribution in [-0.2, 0) is 9.53 Å². The highest BCUT2D eigenvalue weighted by Crippen LogP contribution is 2.34. The van der Waals surface area contributed by atoms with Gasteiger partial charge in [-0.15, -0.1) is 0 Å². The number of hydrogen-bond donors (Lipinski definition) is 1. The Bertz CT molecular complexity index is 940. The molecule has 9 nitrogen and oxygen atoms in total. The molecule has 2 amide bonds. The molecule has 0 saturated carbocycles. The summed E-state index contributed by atoms with van der Waals surface area (Å²) in [5.74, 6) is -0.486. The number of nitrogens with one attached hydrogen (secondary N) is 1. The first-order valence-electron chi connectivity index (χ1n) is 9.98. The normalized spacial score (nSPS) is 15.8. The lowest BCUT2D eigenvalue weighted by Crippen LogP contribution is -2.41. The van der Waals surface area contributed by atoms with Crippen LogP contribution in [0.3, 0.4) is 0 Å². The minimum Gasteiger partial charge on any atom is -0.493 e. The minimum atomic E-state index is -0.769. The summed E-state index contributed by atoms with van der Waals surface area (Å²) < 4.78 is 20.9. The molecule has 9 heteroatoms. The monoisotopic (exact) mass is 430 g/mol. The second-order valence-electron chi connectivity index (χ2n) is 7.35. The molecular formula is C22H26N2O7. The van der Waals surface area contributed by atoms with Gasteiger partial charge in [-0.05, 0) is 30.9 Å². The van der Waals surface area contributed by atoms with Gasteiger partial charge in [0.05, 0.1) is 31.7 Å². The molecule has 2 heterocycles. The van der Waals surface area contributed by atoms with Crippen LogP contribution in [0.2, 0.25) is 0 Å². The van der Waals surface area contributed by atoms with E-state index in [0.29, 0.717) is 24.8 Å². The number of likely N-dealkylation sites (tertiary alicyclic amines) is 1. The third kappa shape index (κ3) is 5.36. The lowest BCUT2D eigenvalue weighted by atomic mass is 10.0. The summed E-state index contributed by atoms with van der Waals surface area (Å²) >= 11 is 0. The molecule has 3 rings (SSSR count). The van der Waals surface area contributed by atoms with Gasteiger partial charge in [0, 0.05) is 25.2 Å². The molecule has 1 unspecified atom stereocenters. The van der Waals surface area contributed by atoms with Crippen molar-refractivity contribution < 1.29 is 33.0 Å². The Morgan fingerprint density at radius 2 is 1.94 bits per heavy atom. The molecule has 0 aliphatic carbocycles. The number of nitrogens with zero attached hydrogens (tertiary/aromatic N) is 1. The molecule has 0 bridgehead atoms. The zero-order valence-corrected chi connectivity index (χ0v) is 17.8. The predicted octanol–water partition coefficient (Wildman–Crippen LogP) is 2.96. The van der Waals surface area contributed by atoms with Crippen LogP contribution in [-0.4, -0.2) is 56.6 Å². The van der Waals surface area contributed by atoms with E-state index in [1.165, 1.54) is 38.7 Å². The molecule has 1 aliphatic heterocycles. The third-order valence-electron chi connectivity index (χ3n) is 5.07. The van der Waals surface area contributed by atoms with Gasteiger partial charge in [-0.2, -0.15) is 0 Å². The fourth-order valence-electron chi connectivity index (χ4n) is 3.46. The van der Waals surface area contributed by atoms with Crippen molar-refractivity contribution in [3.05, 3.63) is 41.9 Å². The van der Waals surface area contributed by atoms with Gasteiger partial charge in [0.2, 0.25) is 0 Å². The third-order valence-corrected chi connectivity index (χ3v) is 5.07. The number of anilines is 1. The van der Waals surface area contributed by atoms with Gasteiger partial charge in [-0.3, -0.25) is 9.59 Å². The van der Waals surface area contributed by atoms with Crippen molar-refractivity contribution >= 4 is 23.5 Å². The van der Waals surface area contributed by atoms with Crippen LogP contribution in [0, 0.1) is 5.92 Å². The van der Waals surface area contributed by atoms with Crippen LogP contribution in [0.25, 0.3) is 0 Å². The van der Waals surface area contributed by atoms with Crippen molar-refractivity contribution in [3.8, 4) is 11.5 Å². The van der Waals surface area contributed by atoms with E-state index in [9.17, 15) is 14.4 Å². The molecule has 0 radical (unpaired) electrons. The van der Waals surface area contributed by atoms with E-state index in [1.807, 2.05) is 0 Å². The van der Waals surface area contributed by atoms with Gasteiger partial charge in [0.1, 0.15) is 0 Å². The van der Waals surface area contributed by atoms with E-state index in [1.54, 1.807) is 11.0 Å². The van der Waals surface area contributed by atoms with Crippen molar-refractivity contribution in [2.24, 2.45) is 5.92 Å². The van der Waals surface area contributed by atoms with E-state index in [4.69, 9.17) is 18.6 Å². The number of piperidine rings is 1. The van der Waals surface area contributed by atoms with Crippen LogP contribution in [0.1, 0.15) is 40.7 Å². The highest BCUT2D eigenvalue weighted by Gasteiger charge is 2.24. The Labute approximate surface area is 180 Å². The summed E-state index contributed by atoms with van der Waals surface area (Å²) in [5, 5.41) is 2.61. The highest BCUT2D eigenvalue weighted by molar-refractivity contribution is 6.07. The summed E-state index contributed by atoms with van der Waals surface area (Å²) in [6.07, 6.45) is 3.37. The number of hydrogen-bond acceptors (Lipinski definition) is 7. The molecule has 2 aromatic rings. The van der Waals surface area contributed by atoms with Crippen LogP contribution in [0.5, 0.6) is 11.5 Å². The lowest BCUT2D eigenvalue weighted by Gasteiger charge is -2.30. The van der Waals surface area contributed by atoms with Crippen LogP contribution < -0.4 is 14.8 Å². The Hall–Kier alpha value is -3.49. The van der Waals surface area contributed by atoms with E-state index < -0.39 is 11.9 Å². The molecular weight excluding hydrogens is 404 g/mol. The van der Waals surface area contributed by atoms with Crippen molar-refractivity contribution in [1.82, 2.24) is 4.90 Å². The first-order chi connectivity index (χ1) is 14.9. The number of furan rings is 1. The summed E-state index contributed by atoms with van der Waals surface area (Å²) in [6.45, 7) is 3.01. The fourth-order valence-corrected chi connectivity index (χ4v) is 3.46. The van der Waals surface area contributed by atoms with Gasteiger partial charge in [-0.1, -0.05) is 6.92 Å². The molecule has 1 aromatic carbocycles. The second kappa shape index (κ2) is 10.0. The average Bonchev–Trinajstić information content (AvgIpc) is 3.32. The Kier molecular flexibility index (Phi) is 7.17. The van der Waals surface area contributed by atoms with Gasteiger partial charge >= 0.3 is 5.97 Å². The maximum Gasteiger partial charge on any atom is 0.340 e. The molecule has 1 aliphatic rings. The molecule has 166 valence electrons. The van der Waals surface area contributed by atoms with E-state index in [-0.39, 0.29) is 35.3 Å². The predicted molar refractivity (Wildman–Crippen MR) is 111 cm³/mol. The van der Waals surface area contributed by atoms with Crippen molar-refractivity contribution in [1.29, 1.82) is 0 Å². The highest BCUT2D eigenvalue weighted by atomic mass is 16.5. The van der Waals surface area contributed by atoms with E-state index >= 15 is 0 Å². The number of methoxy groups -OCH3 is 2. The van der Waals surface area contributed by atoms with Gasteiger partial charge in [0.15, 0.2) is 23.9 Å².